The van der Waals surface area contributed by atoms with Crippen molar-refractivity contribution in [3.8, 4) is 0 Å². The van der Waals surface area contributed by atoms with Gasteiger partial charge in [-0.15, -0.1) is 0 Å². The Morgan fingerprint density at radius 1 is 1.38 bits per heavy atom. The Labute approximate surface area is 151 Å². The second kappa shape index (κ2) is 7.81. The first-order valence-electron chi connectivity index (χ1n) is 8.11. The minimum absolute atomic E-state index is 0.0197. The maximum absolute atomic E-state index is 12.6. The molecule has 2 unspecified atom stereocenters. The van der Waals surface area contributed by atoms with Crippen molar-refractivity contribution in [2.45, 2.75) is 32.4 Å². The van der Waals surface area contributed by atoms with Gasteiger partial charge < -0.3 is 9.64 Å². The summed E-state index contributed by atoms with van der Waals surface area (Å²) in [4.78, 5) is 36.5. The number of hydrogen-bond acceptors (Lipinski definition) is 7. The second-order valence-corrected chi connectivity index (χ2v) is 8.23. The molecule has 10 heteroatoms. The summed E-state index contributed by atoms with van der Waals surface area (Å²) < 4.78 is 28.4. The molecule has 1 aromatic carbocycles. The lowest BCUT2D eigenvalue weighted by Crippen LogP contribution is -2.46. The molecule has 0 saturated carbocycles. The largest absolute Gasteiger partial charge is 0.449 e. The van der Waals surface area contributed by atoms with E-state index < -0.39 is 44.5 Å². The third kappa shape index (κ3) is 4.37. The normalized spacial score (nSPS) is 19.5. The van der Waals surface area contributed by atoms with Crippen LogP contribution in [0.15, 0.2) is 24.3 Å². The molecule has 0 spiro atoms. The maximum atomic E-state index is 12.6. The predicted molar refractivity (Wildman–Crippen MR) is 92.4 cm³/mol. The highest BCUT2D eigenvalue weighted by molar-refractivity contribution is 7.91. The molecule has 0 aliphatic carbocycles. The van der Waals surface area contributed by atoms with Crippen molar-refractivity contribution < 1.29 is 27.7 Å². The second-order valence-electron chi connectivity index (χ2n) is 6.00. The molecule has 0 radical (unpaired) electrons. The molecule has 1 heterocycles. The van der Waals surface area contributed by atoms with Crippen molar-refractivity contribution in [1.29, 1.82) is 0 Å². The molecular formula is C16H20N2O7S. The van der Waals surface area contributed by atoms with E-state index in [1.54, 1.807) is 6.92 Å². The lowest BCUT2D eigenvalue weighted by molar-refractivity contribution is -0.385. The number of ether oxygens (including phenoxy) is 1. The van der Waals surface area contributed by atoms with Gasteiger partial charge in [0.05, 0.1) is 16.4 Å². The summed E-state index contributed by atoms with van der Waals surface area (Å²) in [7, 11) is -3.17. The average molecular weight is 384 g/mol. The van der Waals surface area contributed by atoms with Crippen molar-refractivity contribution in [3.63, 3.8) is 0 Å². The number of carbonyl (C=O) groups is 2. The Bertz CT molecular complexity index is 822. The number of nitro groups is 1. The monoisotopic (exact) mass is 384 g/mol. The summed E-state index contributed by atoms with van der Waals surface area (Å²) in [6.07, 6.45) is -0.849. The number of para-hydroxylation sites is 1. The van der Waals surface area contributed by atoms with Crippen LogP contribution in [-0.4, -0.2) is 60.3 Å². The minimum atomic E-state index is -3.17. The zero-order valence-electron chi connectivity index (χ0n) is 14.5. The Kier molecular flexibility index (Phi) is 5.96. The standard InChI is InChI=1S/C16H20N2O7S/c1-3-17(12-8-9-26(23,24)10-12)15(19)11(2)25-16(20)13-6-4-5-7-14(13)18(21)22/h4-7,11-12H,3,8-10H2,1-2H3. The molecule has 142 valence electrons. The van der Waals surface area contributed by atoms with Gasteiger partial charge in [-0.1, -0.05) is 12.1 Å². The molecule has 1 amide bonds. The lowest BCUT2D eigenvalue weighted by atomic mass is 10.1. The highest BCUT2D eigenvalue weighted by Gasteiger charge is 2.36. The van der Waals surface area contributed by atoms with Crippen LogP contribution in [0.3, 0.4) is 0 Å². The maximum Gasteiger partial charge on any atom is 0.345 e. The van der Waals surface area contributed by atoms with Gasteiger partial charge in [-0.25, -0.2) is 13.2 Å². The molecule has 2 atom stereocenters. The van der Waals surface area contributed by atoms with Gasteiger partial charge in [0.25, 0.3) is 11.6 Å². The van der Waals surface area contributed by atoms with Gasteiger partial charge in [-0.3, -0.25) is 14.9 Å². The molecule has 1 saturated heterocycles. The van der Waals surface area contributed by atoms with Gasteiger partial charge in [0.15, 0.2) is 15.9 Å². The number of likely N-dealkylation sites (N-methyl/N-ethyl adjacent to an activating group) is 1. The number of nitro benzene ring substituents is 1. The van der Waals surface area contributed by atoms with E-state index in [1.807, 2.05) is 0 Å². The van der Waals surface area contributed by atoms with Crippen molar-refractivity contribution in [3.05, 3.63) is 39.9 Å². The van der Waals surface area contributed by atoms with E-state index in [9.17, 15) is 28.1 Å². The van der Waals surface area contributed by atoms with Gasteiger partial charge in [0.2, 0.25) is 0 Å². The molecule has 1 fully saturated rings. The number of sulfone groups is 1. The van der Waals surface area contributed by atoms with E-state index in [1.165, 1.54) is 36.1 Å². The number of amides is 1. The van der Waals surface area contributed by atoms with Crippen molar-refractivity contribution in [1.82, 2.24) is 4.90 Å². The summed E-state index contributed by atoms with van der Waals surface area (Å²) in [6.45, 7) is 3.34. The van der Waals surface area contributed by atoms with Crippen molar-refractivity contribution >= 4 is 27.4 Å². The molecule has 1 aromatic rings. The van der Waals surface area contributed by atoms with E-state index in [0.717, 1.165) is 0 Å². The van der Waals surface area contributed by atoms with E-state index in [-0.39, 0.29) is 23.6 Å². The fourth-order valence-corrected chi connectivity index (χ4v) is 4.66. The van der Waals surface area contributed by atoms with Gasteiger partial charge in [-0.05, 0) is 26.3 Å². The first kappa shape index (κ1) is 19.8. The highest BCUT2D eigenvalue weighted by atomic mass is 32.2. The number of rotatable bonds is 6. The van der Waals surface area contributed by atoms with Crippen LogP contribution in [0.2, 0.25) is 0 Å². The number of esters is 1. The Morgan fingerprint density at radius 3 is 2.58 bits per heavy atom. The zero-order valence-corrected chi connectivity index (χ0v) is 15.3. The van der Waals surface area contributed by atoms with Crippen LogP contribution < -0.4 is 0 Å². The molecule has 0 bridgehead atoms. The molecule has 26 heavy (non-hydrogen) atoms. The summed E-state index contributed by atoms with van der Waals surface area (Å²) in [5.74, 6) is -1.60. The topological polar surface area (TPSA) is 124 Å². The SMILES string of the molecule is CCN(C(=O)C(C)OC(=O)c1ccccc1[N+](=O)[O-])C1CCS(=O)(=O)C1. The van der Waals surface area contributed by atoms with Crippen LogP contribution >= 0.6 is 0 Å². The van der Waals surface area contributed by atoms with Gasteiger partial charge in [0.1, 0.15) is 5.56 Å². The third-order valence-corrected chi connectivity index (χ3v) is 5.98. The molecule has 0 aromatic heterocycles. The summed E-state index contributed by atoms with van der Waals surface area (Å²) >= 11 is 0. The Balaban J connectivity index is 2.11. The van der Waals surface area contributed by atoms with E-state index >= 15 is 0 Å². The fourth-order valence-electron chi connectivity index (χ4n) is 2.93. The van der Waals surface area contributed by atoms with Crippen LogP contribution in [0.5, 0.6) is 0 Å². The minimum Gasteiger partial charge on any atom is -0.449 e. The van der Waals surface area contributed by atoms with Crippen LogP contribution in [0.4, 0.5) is 5.69 Å². The molecule has 1 aliphatic heterocycles. The van der Waals surface area contributed by atoms with Crippen LogP contribution in [0.1, 0.15) is 30.6 Å². The van der Waals surface area contributed by atoms with Crippen LogP contribution in [-0.2, 0) is 19.4 Å². The molecule has 2 rings (SSSR count). The van der Waals surface area contributed by atoms with Crippen LogP contribution in [0.25, 0.3) is 0 Å². The quantitative estimate of drug-likeness (QED) is 0.410. The summed E-state index contributed by atoms with van der Waals surface area (Å²) in [6, 6.07) is 4.84. The summed E-state index contributed by atoms with van der Waals surface area (Å²) in [5, 5.41) is 11.0. The van der Waals surface area contributed by atoms with Gasteiger partial charge in [0, 0.05) is 18.7 Å². The number of benzene rings is 1. The predicted octanol–water partition coefficient (Wildman–Crippen LogP) is 1.18. The smallest absolute Gasteiger partial charge is 0.345 e. The molecular weight excluding hydrogens is 364 g/mol. The van der Waals surface area contributed by atoms with Crippen molar-refractivity contribution in [2.24, 2.45) is 0 Å². The molecule has 1 aliphatic rings. The number of carbonyl (C=O) groups excluding carboxylic acids is 2. The van der Waals surface area contributed by atoms with Crippen molar-refractivity contribution in [2.75, 3.05) is 18.1 Å². The Morgan fingerprint density at radius 2 is 2.04 bits per heavy atom. The first-order valence-corrected chi connectivity index (χ1v) is 9.93. The fraction of sp³-hybridized carbons (Fsp3) is 0.500. The van der Waals surface area contributed by atoms with Gasteiger partial charge in [-0.2, -0.15) is 0 Å². The zero-order chi connectivity index (χ0) is 19.5. The van der Waals surface area contributed by atoms with E-state index in [4.69, 9.17) is 4.74 Å². The van der Waals surface area contributed by atoms with Gasteiger partial charge >= 0.3 is 5.97 Å². The Hall–Kier alpha value is -2.49. The van der Waals surface area contributed by atoms with Crippen LogP contribution in [0, 0.1) is 10.1 Å². The third-order valence-electron chi connectivity index (χ3n) is 4.23. The first-order chi connectivity index (χ1) is 12.2. The van der Waals surface area contributed by atoms with E-state index in [0.29, 0.717) is 6.42 Å². The lowest BCUT2D eigenvalue weighted by Gasteiger charge is -2.29. The van der Waals surface area contributed by atoms with E-state index in [2.05, 4.69) is 0 Å². The molecule has 9 nitrogen and oxygen atoms in total. The number of nitrogens with zero attached hydrogens (tertiary/aromatic N) is 2. The highest BCUT2D eigenvalue weighted by Crippen LogP contribution is 2.21. The average Bonchev–Trinajstić information content (AvgIpc) is 2.94. The molecule has 0 N–H and O–H groups in total. The number of hydrogen-bond donors (Lipinski definition) is 0. The summed E-state index contributed by atoms with van der Waals surface area (Å²) in [5.41, 5.74) is -0.657.